The summed E-state index contributed by atoms with van der Waals surface area (Å²) in [6, 6.07) is 5.37. The van der Waals surface area contributed by atoms with Crippen LogP contribution in [0.25, 0.3) is 0 Å². The van der Waals surface area contributed by atoms with E-state index in [2.05, 4.69) is 10.3 Å². The first-order valence-corrected chi connectivity index (χ1v) is 8.09. The van der Waals surface area contributed by atoms with E-state index in [9.17, 15) is 9.59 Å². The molecule has 5 nitrogen and oxygen atoms in total. The molecule has 1 aromatic rings. The summed E-state index contributed by atoms with van der Waals surface area (Å²) in [6.07, 6.45) is 6.61. The van der Waals surface area contributed by atoms with Gasteiger partial charge in [0.25, 0.3) is 5.91 Å². The largest absolute Gasteiger partial charge is 0.369 e. The lowest BCUT2D eigenvalue weighted by Crippen LogP contribution is -2.63. The van der Waals surface area contributed by atoms with Gasteiger partial charge in [-0.25, -0.2) is 0 Å². The number of rotatable bonds is 3. The van der Waals surface area contributed by atoms with Gasteiger partial charge < -0.3 is 11.1 Å². The lowest BCUT2D eigenvalue weighted by molar-refractivity contribution is -0.137. The van der Waals surface area contributed by atoms with Crippen LogP contribution in [0.5, 0.6) is 0 Å². The van der Waals surface area contributed by atoms with E-state index in [1.54, 1.807) is 18.3 Å². The van der Waals surface area contributed by atoms with Gasteiger partial charge in [-0.2, -0.15) is 0 Å². The summed E-state index contributed by atoms with van der Waals surface area (Å²) in [7, 11) is 0. The summed E-state index contributed by atoms with van der Waals surface area (Å²) < 4.78 is 0. The number of nitrogens with one attached hydrogen (secondary N) is 1. The van der Waals surface area contributed by atoms with E-state index >= 15 is 0 Å². The zero-order chi connectivity index (χ0) is 15.3. The molecule has 5 rings (SSSR count). The number of carbonyl (C=O) groups is 2. The van der Waals surface area contributed by atoms with Gasteiger partial charge in [-0.1, -0.05) is 6.07 Å². The highest BCUT2D eigenvalue weighted by molar-refractivity contribution is 5.92. The Morgan fingerprint density at radius 2 is 1.91 bits per heavy atom. The van der Waals surface area contributed by atoms with Crippen molar-refractivity contribution in [1.29, 1.82) is 0 Å². The molecule has 2 atom stereocenters. The molecule has 4 bridgehead atoms. The summed E-state index contributed by atoms with van der Waals surface area (Å²) in [4.78, 5) is 28.4. The summed E-state index contributed by atoms with van der Waals surface area (Å²) in [6.45, 7) is 0. The maximum atomic E-state index is 12.5. The second-order valence-corrected chi connectivity index (χ2v) is 7.35. The third kappa shape index (κ3) is 2.11. The monoisotopic (exact) mass is 299 g/mol. The molecule has 4 saturated carbocycles. The Morgan fingerprint density at radius 1 is 1.18 bits per heavy atom. The summed E-state index contributed by atoms with van der Waals surface area (Å²) in [5.74, 6) is 1.06. The van der Waals surface area contributed by atoms with Crippen molar-refractivity contribution >= 4 is 11.8 Å². The van der Waals surface area contributed by atoms with Crippen LogP contribution < -0.4 is 11.1 Å². The van der Waals surface area contributed by atoms with Gasteiger partial charge in [0.05, 0.1) is 0 Å². The number of nitrogens with zero attached hydrogens (tertiary/aromatic N) is 1. The molecule has 2 amide bonds. The number of hydrogen-bond donors (Lipinski definition) is 2. The van der Waals surface area contributed by atoms with Crippen molar-refractivity contribution in [2.24, 2.45) is 29.4 Å². The number of primary amides is 1. The van der Waals surface area contributed by atoms with Gasteiger partial charge in [0, 0.05) is 17.7 Å². The molecule has 2 unspecified atom stereocenters. The second kappa shape index (κ2) is 4.80. The first-order valence-electron chi connectivity index (χ1n) is 8.09. The number of pyridine rings is 1. The van der Waals surface area contributed by atoms with E-state index in [4.69, 9.17) is 5.73 Å². The SMILES string of the molecule is NC(=O)C1C2CC3CC1CC(NC(=O)c1ccccn1)(C3)C2. The van der Waals surface area contributed by atoms with Crippen LogP contribution in [0, 0.1) is 23.7 Å². The van der Waals surface area contributed by atoms with Crippen LogP contribution >= 0.6 is 0 Å². The van der Waals surface area contributed by atoms with Gasteiger partial charge in [-0.05, 0) is 62.0 Å². The number of aromatic nitrogens is 1. The Labute approximate surface area is 129 Å². The highest BCUT2D eigenvalue weighted by Gasteiger charge is 2.57. The van der Waals surface area contributed by atoms with E-state index in [0.717, 1.165) is 32.1 Å². The zero-order valence-electron chi connectivity index (χ0n) is 12.5. The van der Waals surface area contributed by atoms with Crippen molar-refractivity contribution in [3.63, 3.8) is 0 Å². The van der Waals surface area contributed by atoms with Gasteiger partial charge in [-0.15, -0.1) is 0 Å². The molecular formula is C17H21N3O2. The smallest absolute Gasteiger partial charge is 0.270 e. The van der Waals surface area contributed by atoms with Crippen LogP contribution in [0.3, 0.4) is 0 Å². The summed E-state index contributed by atoms with van der Waals surface area (Å²) >= 11 is 0. The van der Waals surface area contributed by atoms with Crippen LogP contribution in [0.4, 0.5) is 0 Å². The number of nitrogens with two attached hydrogens (primary N) is 1. The van der Waals surface area contributed by atoms with Crippen molar-refractivity contribution in [3.8, 4) is 0 Å². The highest BCUT2D eigenvalue weighted by Crippen LogP contribution is 2.58. The number of carbonyl (C=O) groups excluding carboxylic acids is 2. The molecule has 5 heteroatoms. The van der Waals surface area contributed by atoms with Gasteiger partial charge in [-0.3, -0.25) is 14.6 Å². The minimum absolute atomic E-state index is 0.0106. The molecule has 3 N–H and O–H groups in total. The van der Waals surface area contributed by atoms with Gasteiger partial charge >= 0.3 is 0 Å². The Kier molecular flexibility index (Phi) is 2.99. The standard InChI is InChI=1S/C17H21N3O2/c18-15(21)14-11-5-10-6-12(14)9-17(7-10,8-11)20-16(22)13-3-1-2-4-19-13/h1-4,10-12,14H,5-9H2,(H2,18,21)(H,20,22). The molecule has 1 heterocycles. The average molecular weight is 299 g/mol. The first-order chi connectivity index (χ1) is 10.6. The first kappa shape index (κ1) is 13.7. The van der Waals surface area contributed by atoms with E-state index in [1.807, 2.05) is 6.07 Å². The van der Waals surface area contributed by atoms with Gasteiger partial charge in [0.15, 0.2) is 0 Å². The fourth-order valence-corrected chi connectivity index (χ4v) is 5.44. The van der Waals surface area contributed by atoms with Crippen molar-refractivity contribution in [2.75, 3.05) is 0 Å². The molecule has 0 spiro atoms. The van der Waals surface area contributed by atoms with Gasteiger partial charge in [0.1, 0.15) is 5.69 Å². The highest BCUT2D eigenvalue weighted by atomic mass is 16.2. The van der Waals surface area contributed by atoms with E-state index in [0.29, 0.717) is 23.4 Å². The molecule has 4 aliphatic carbocycles. The molecule has 1 aromatic heterocycles. The number of hydrogen-bond acceptors (Lipinski definition) is 3. The molecule has 22 heavy (non-hydrogen) atoms. The minimum atomic E-state index is -0.156. The van der Waals surface area contributed by atoms with Gasteiger partial charge in [0.2, 0.25) is 5.91 Å². The second-order valence-electron chi connectivity index (χ2n) is 7.35. The molecule has 4 aliphatic rings. The average Bonchev–Trinajstić information content (AvgIpc) is 2.46. The number of amides is 2. The Hall–Kier alpha value is -1.91. The lowest BCUT2D eigenvalue weighted by Gasteiger charge is -2.59. The quantitative estimate of drug-likeness (QED) is 0.886. The molecule has 0 radical (unpaired) electrons. The maximum Gasteiger partial charge on any atom is 0.270 e. The predicted octanol–water partition coefficient (Wildman–Crippen LogP) is 1.49. The maximum absolute atomic E-state index is 12.5. The van der Waals surface area contributed by atoms with Crippen molar-refractivity contribution in [1.82, 2.24) is 10.3 Å². The lowest BCUT2D eigenvalue weighted by atomic mass is 9.49. The molecule has 0 aliphatic heterocycles. The van der Waals surface area contributed by atoms with Crippen molar-refractivity contribution < 1.29 is 9.59 Å². The van der Waals surface area contributed by atoms with Crippen LogP contribution in [0.1, 0.15) is 42.6 Å². The minimum Gasteiger partial charge on any atom is -0.369 e. The fraction of sp³-hybridized carbons (Fsp3) is 0.588. The zero-order valence-corrected chi connectivity index (χ0v) is 12.5. The van der Waals surface area contributed by atoms with E-state index in [1.165, 1.54) is 0 Å². The summed E-state index contributed by atoms with van der Waals surface area (Å²) in [5.41, 5.74) is 5.92. The van der Waals surface area contributed by atoms with Crippen LogP contribution in [0.2, 0.25) is 0 Å². The predicted molar refractivity (Wildman–Crippen MR) is 80.7 cm³/mol. The fourth-order valence-electron chi connectivity index (χ4n) is 5.44. The van der Waals surface area contributed by atoms with E-state index < -0.39 is 0 Å². The third-order valence-electron chi connectivity index (χ3n) is 5.88. The Balaban J connectivity index is 1.56. The van der Waals surface area contributed by atoms with Crippen LogP contribution in [-0.2, 0) is 4.79 Å². The normalized spacial score (nSPS) is 38.7. The topological polar surface area (TPSA) is 85.1 Å². The Bertz CT molecular complexity index is 600. The van der Waals surface area contributed by atoms with Crippen LogP contribution in [0.15, 0.2) is 24.4 Å². The third-order valence-corrected chi connectivity index (χ3v) is 5.88. The molecule has 0 aromatic carbocycles. The molecule has 116 valence electrons. The molecule has 4 fully saturated rings. The van der Waals surface area contributed by atoms with Crippen molar-refractivity contribution in [3.05, 3.63) is 30.1 Å². The summed E-state index contributed by atoms with van der Waals surface area (Å²) in [5, 5.41) is 3.25. The van der Waals surface area contributed by atoms with E-state index in [-0.39, 0.29) is 23.3 Å². The molecular weight excluding hydrogens is 278 g/mol. The Morgan fingerprint density at radius 3 is 2.50 bits per heavy atom. The van der Waals surface area contributed by atoms with Crippen LogP contribution in [-0.4, -0.2) is 22.3 Å². The van der Waals surface area contributed by atoms with Crippen molar-refractivity contribution in [2.45, 2.75) is 37.6 Å². The molecule has 0 saturated heterocycles.